The van der Waals surface area contributed by atoms with Crippen molar-refractivity contribution in [2.24, 2.45) is 5.73 Å². The Hall–Kier alpha value is -2.51. The Morgan fingerprint density at radius 3 is 2.86 bits per heavy atom. The molecule has 8 heteroatoms. The standard InChI is InChI=1S/C20H19ClF2N4O/c21-13-1-4-18-17(9-13)25-19-11-26(5-6-27(18)19)20(28)10-15(24)8-12-7-14(22)2-3-16(12)23/h1-4,7,9,15H,5-6,8,10-11,24H2. The first-order chi connectivity index (χ1) is 13.4. The molecule has 1 amide bonds. The third-order valence-corrected chi connectivity index (χ3v) is 5.23. The predicted octanol–water partition coefficient (Wildman–Crippen LogP) is 3.27. The van der Waals surface area contributed by atoms with E-state index in [2.05, 4.69) is 9.55 Å². The zero-order chi connectivity index (χ0) is 19.8. The SMILES string of the molecule is NC(CC(=O)N1CCn2c(nc3cc(Cl)ccc32)C1)Cc1cc(F)ccc1F. The van der Waals surface area contributed by atoms with Crippen molar-refractivity contribution in [3.05, 3.63) is 64.4 Å². The number of imidazole rings is 1. The number of halogens is 3. The third-order valence-electron chi connectivity index (χ3n) is 4.99. The van der Waals surface area contributed by atoms with Gasteiger partial charge in [0.05, 0.1) is 17.6 Å². The van der Waals surface area contributed by atoms with E-state index in [-0.39, 0.29) is 24.3 Å². The number of rotatable bonds is 4. The van der Waals surface area contributed by atoms with Gasteiger partial charge in [-0.15, -0.1) is 0 Å². The van der Waals surface area contributed by atoms with E-state index in [1.54, 1.807) is 11.0 Å². The summed E-state index contributed by atoms with van der Waals surface area (Å²) < 4.78 is 29.2. The molecule has 2 aromatic carbocycles. The van der Waals surface area contributed by atoms with Crippen LogP contribution < -0.4 is 5.73 Å². The summed E-state index contributed by atoms with van der Waals surface area (Å²) in [5, 5.41) is 0.617. The highest BCUT2D eigenvalue weighted by molar-refractivity contribution is 6.31. The highest BCUT2D eigenvalue weighted by atomic mass is 35.5. The number of hydrogen-bond donors (Lipinski definition) is 1. The number of carbonyl (C=O) groups is 1. The molecule has 1 aliphatic heterocycles. The number of hydrogen-bond acceptors (Lipinski definition) is 3. The van der Waals surface area contributed by atoms with E-state index in [1.165, 1.54) is 0 Å². The maximum Gasteiger partial charge on any atom is 0.224 e. The van der Waals surface area contributed by atoms with Crippen molar-refractivity contribution >= 4 is 28.5 Å². The summed E-state index contributed by atoms with van der Waals surface area (Å²) in [6, 6.07) is 8.20. The molecular formula is C20H19ClF2N4O. The summed E-state index contributed by atoms with van der Waals surface area (Å²) in [4.78, 5) is 18.9. The fourth-order valence-corrected chi connectivity index (χ4v) is 3.78. The molecule has 1 aliphatic rings. The number of benzene rings is 2. The minimum atomic E-state index is -0.594. The van der Waals surface area contributed by atoms with Crippen molar-refractivity contribution in [2.45, 2.75) is 32.0 Å². The fraction of sp³-hybridized carbons (Fsp3) is 0.300. The van der Waals surface area contributed by atoms with E-state index < -0.39 is 17.7 Å². The van der Waals surface area contributed by atoms with Crippen molar-refractivity contribution in [1.29, 1.82) is 0 Å². The van der Waals surface area contributed by atoms with Crippen LogP contribution >= 0.6 is 11.6 Å². The summed E-state index contributed by atoms with van der Waals surface area (Å²) in [6.07, 6.45) is 0.155. The lowest BCUT2D eigenvalue weighted by Gasteiger charge is -2.29. The number of fused-ring (bicyclic) bond motifs is 3. The highest BCUT2D eigenvalue weighted by Gasteiger charge is 2.25. The Morgan fingerprint density at radius 2 is 2.04 bits per heavy atom. The van der Waals surface area contributed by atoms with Gasteiger partial charge in [-0.3, -0.25) is 4.79 Å². The van der Waals surface area contributed by atoms with E-state index in [1.807, 2.05) is 12.1 Å². The van der Waals surface area contributed by atoms with Crippen LogP contribution in [0.25, 0.3) is 11.0 Å². The smallest absolute Gasteiger partial charge is 0.224 e. The van der Waals surface area contributed by atoms with E-state index in [0.29, 0.717) is 24.7 Å². The molecule has 0 aliphatic carbocycles. The average molecular weight is 405 g/mol. The summed E-state index contributed by atoms with van der Waals surface area (Å²) in [5.41, 5.74) is 8.00. The Morgan fingerprint density at radius 1 is 1.21 bits per heavy atom. The maximum atomic E-state index is 13.8. The number of nitrogens with zero attached hydrogens (tertiary/aromatic N) is 3. The van der Waals surface area contributed by atoms with Gasteiger partial charge >= 0.3 is 0 Å². The first kappa shape index (κ1) is 18.8. The Labute approximate surface area is 165 Å². The zero-order valence-electron chi connectivity index (χ0n) is 15.0. The van der Waals surface area contributed by atoms with Crippen LogP contribution in [0.3, 0.4) is 0 Å². The van der Waals surface area contributed by atoms with Gasteiger partial charge in [0, 0.05) is 30.6 Å². The molecule has 1 aromatic heterocycles. The van der Waals surface area contributed by atoms with Crippen LogP contribution in [0, 0.1) is 11.6 Å². The second-order valence-electron chi connectivity index (χ2n) is 7.03. The second kappa shape index (κ2) is 7.48. The van der Waals surface area contributed by atoms with E-state index in [0.717, 1.165) is 35.1 Å². The molecule has 146 valence electrons. The number of carbonyl (C=O) groups excluding carboxylic acids is 1. The molecule has 0 saturated carbocycles. The van der Waals surface area contributed by atoms with Crippen LogP contribution in [0.1, 0.15) is 17.8 Å². The molecule has 0 spiro atoms. The zero-order valence-corrected chi connectivity index (χ0v) is 15.8. The molecule has 0 bridgehead atoms. The van der Waals surface area contributed by atoms with E-state index in [4.69, 9.17) is 17.3 Å². The Bertz CT molecular complexity index is 1050. The Kier molecular flexibility index (Phi) is 5.03. The molecule has 0 fully saturated rings. The molecule has 5 nitrogen and oxygen atoms in total. The molecule has 1 unspecified atom stereocenters. The van der Waals surface area contributed by atoms with Crippen LogP contribution in [-0.4, -0.2) is 32.9 Å². The largest absolute Gasteiger partial charge is 0.333 e. The number of amides is 1. The topological polar surface area (TPSA) is 64.2 Å². The van der Waals surface area contributed by atoms with Crippen molar-refractivity contribution in [1.82, 2.24) is 14.5 Å². The van der Waals surface area contributed by atoms with Crippen molar-refractivity contribution in [3.8, 4) is 0 Å². The summed E-state index contributed by atoms with van der Waals surface area (Å²) in [5.74, 6) is -0.373. The monoisotopic (exact) mass is 404 g/mol. The van der Waals surface area contributed by atoms with Crippen LogP contribution in [0.5, 0.6) is 0 Å². The van der Waals surface area contributed by atoms with Crippen LogP contribution in [0.15, 0.2) is 36.4 Å². The van der Waals surface area contributed by atoms with Crippen LogP contribution in [-0.2, 0) is 24.3 Å². The quantitative estimate of drug-likeness (QED) is 0.725. The first-order valence-electron chi connectivity index (χ1n) is 9.02. The Balaban J connectivity index is 1.43. The molecule has 4 rings (SSSR count). The van der Waals surface area contributed by atoms with Gasteiger partial charge in [-0.05, 0) is 48.4 Å². The lowest BCUT2D eigenvalue weighted by molar-refractivity contribution is -0.133. The molecule has 2 heterocycles. The maximum absolute atomic E-state index is 13.8. The molecule has 2 N–H and O–H groups in total. The normalized spacial score (nSPS) is 14.9. The van der Waals surface area contributed by atoms with Gasteiger partial charge in [0.1, 0.15) is 17.5 Å². The minimum Gasteiger partial charge on any atom is -0.333 e. The lowest BCUT2D eigenvalue weighted by Crippen LogP contribution is -2.41. The fourth-order valence-electron chi connectivity index (χ4n) is 3.61. The molecule has 28 heavy (non-hydrogen) atoms. The highest BCUT2D eigenvalue weighted by Crippen LogP contribution is 2.24. The summed E-state index contributed by atoms with van der Waals surface area (Å²) in [7, 11) is 0. The first-order valence-corrected chi connectivity index (χ1v) is 9.40. The summed E-state index contributed by atoms with van der Waals surface area (Å²) in [6.45, 7) is 1.56. The van der Waals surface area contributed by atoms with Gasteiger partial charge < -0.3 is 15.2 Å². The third kappa shape index (κ3) is 3.72. The van der Waals surface area contributed by atoms with Gasteiger partial charge in [0.15, 0.2) is 0 Å². The minimum absolute atomic E-state index is 0.0575. The molecule has 0 saturated heterocycles. The van der Waals surface area contributed by atoms with Crippen LogP contribution in [0.2, 0.25) is 5.02 Å². The molecular weight excluding hydrogens is 386 g/mol. The van der Waals surface area contributed by atoms with Crippen molar-refractivity contribution < 1.29 is 13.6 Å². The number of nitrogens with two attached hydrogens (primary N) is 1. The van der Waals surface area contributed by atoms with Crippen LogP contribution in [0.4, 0.5) is 8.78 Å². The molecule has 0 radical (unpaired) electrons. The van der Waals surface area contributed by atoms with Gasteiger partial charge in [-0.1, -0.05) is 11.6 Å². The predicted molar refractivity (Wildman–Crippen MR) is 103 cm³/mol. The molecule has 3 aromatic rings. The van der Waals surface area contributed by atoms with Crippen molar-refractivity contribution in [3.63, 3.8) is 0 Å². The van der Waals surface area contributed by atoms with E-state index >= 15 is 0 Å². The van der Waals surface area contributed by atoms with Gasteiger partial charge in [-0.25, -0.2) is 13.8 Å². The van der Waals surface area contributed by atoms with Gasteiger partial charge in [0.25, 0.3) is 0 Å². The second-order valence-corrected chi connectivity index (χ2v) is 7.47. The van der Waals surface area contributed by atoms with Gasteiger partial charge in [-0.2, -0.15) is 0 Å². The average Bonchev–Trinajstić information content (AvgIpc) is 3.01. The number of aromatic nitrogens is 2. The summed E-state index contributed by atoms with van der Waals surface area (Å²) >= 11 is 6.03. The lowest BCUT2D eigenvalue weighted by atomic mass is 10.0. The van der Waals surface area contributed by atoms with Gasteiger partial charge in [0.2, 0.25) is 5.91 Å². The molecule has 1 atom stereocenters. The van der Waals surface area contributed by atoms with Crippen molar-refractivity contribution in [2.75, 3.05) is 6.54 Å². The van der Waals surface area contributed by atoms with E-state index in [9.17, 15) is 13.6 Å².